The van der Waals surface area contributed by atoms with Gasteiger partial charge in [-0.3, -0.25) is 14.4 Å². The molecule has 7 nitrogen and oxygen atoms in total. The Balaban J connectivity index is 1.79. The molecule has 0 bridgehead atoms. The molecule has 1 saturated heterocycles. The van der Waals surface area contributed by atoms with E-state index in [1.807, 2.05) is 4.90 Å². The number of rotatable bonds is 7. The molecule has 130 valence electrons. The van der Waals surface area contributed by atoms with Gasteiger partial charge in [0, 0.05) is 32.7 Å². The molecule has 1 N–H and O–H groups in total. The Morgan fingerprint density at radius 1 is 1.35 bits per heavy atom. The van der Waals surface area contributed by atoms with E-state index in [1.54, 1.807) is 7.11 Å². The van der Waals surface area contributed by atoms with E-state index < -0.39 is 18.0 Å². The van der Waals surface area contributed by atoms with Gasteiger partial charge < -0.3 is 19.7 Å². The van der Waals surface area contributed by atoms with Crippen LogP contribution in [0.1, 0.15) is 39.0 Å². The van der Waals surface area contributed by atoms with Gasteiger partial charge in [0.25, 0.3) is 5.91 Å². The second-order valence-corrected chi connectivity index (χ2v) is 6.25. The summed E-state index contributed by atoms with van der Waals surface area (Å²) in [6.45, 7) is 2.72. The van der Waals surface area contributed by atoms with Crippen molar-refractivity contribution >= 4 is 17.8 Å². The molecule has 2 amide bonds. The highest BCUT2D eigenvalue weighted by Gasteiger charge is 2.40. The highest BCUT2D eigenvalue weighted by Crippen LogP contribution is 2.30. The fourth-order valence-electron chi connectivity index (χ4n) is 3.20. The number of carbonyl (C=O) groups excluding carboxylic acids is 3. The molecule has 1 aliphatic heterocycles. The lowest BCUT2D eigenvalue weighted by atomic mass is 10.1. The second kappa shape index (κ2) is 8.29. The number of hydrogen-bond acceptors (Lipinski definition) is 5. The summed E-state index contributed by atoms with van der Waals surface area (Å²) >= 11 is 0. The number of nitrogens with one attached hydrogen (secondary N) is 1. The molecule has 0 radical (unpaired) electrons. The molecule has 2 rings (SSSR count). The van der Waals surface area contributed by atoms with Crippen LogP contribution in [0.15, 0.2) is 0 Å². The molecule has 1 heterocycles. The van der Waals surface area contributed by atoms with E-state index in [0.29, 0.717) is 19.7 Å². The van der Waals surface area contributed by atoms with Gasteiger partial charge in [-0.25, -0.2) is 0 Å². The molecule has 0 unspecified atom stereocenters. The van der Waals surface area contributed by atoms with Crippen molar-refractivity contribution in [3.8, 4) is 0 Å². The Bertz CT molecular complexity index is 448. The van der Waals surface area contributed by atoms with E-state index in [-0.39, 0.29) is 24.3 Å². The fraction of sp³-hybridized carbons (Fsp3) is 0.812. The molecule has 0 aromatic heterocycles. The number of nitrogens with zero attached hydrogens (tertiary/aromatic N) is 1. The molecular formula is C16H26N2O5. The number of methoxy groups -OCH3 is 1. The monoisotopic (exact) mass is 326 g/mol. The first kappa shape index (κ1) is 17.7. The van der Waals surface area contributed by atoms with E-state index in [0.717, 1.165) is 25.7 Å². The van der Waals surface area contributed by atoms with Crippen molar-refractivity contribution in [2.45, 2.75) is 51.2 Å². The zero-order valence-corrected chi connectivity index (χ0v) is 13.9. The first-order valence-corrected chi connectivity index (χ1v) is 8.29. The Labute approximate surface area is 136 Å². The fourth-order valence-corrected chi connectivity index (χ4v) is 3.20. The smallest absolute Gasteiger partial charge is 0.312 e. The molecule has 2 atom stereocenters. The van der Waals surface area contributed by atoms with Crippen LogP contribution in [-0.4, -0.2) is 61.6 Å². The predicted octanol–water partition coefficient (Wildman–Crippen LogP) is 0.472. The van der Waals surface area contributed by atoms with E-state index in [4.69, 9.17) is 9.47 Å². The van der Waals surface area contributed by atoms with Crippen LogP contribution < -0.4 is 5.32 Å². The van der Waals surface area contributed by atoms with Gasteiger partial charge in [-0.1, -0.05) is 12.8 Å². The van der Waals surface area contributed by atoms with Crippen molar-refractivity contribution < 1.29 is 23.9 Å². The molecular weight excluding hydrogens is 300 g/mol. The summed E-state index contributed by atoms with van der Waals surface area (Å²) in [6.07, 6.45) is 3.64. The highest BCUT2D eigenvalue weighted by molar-refractivity contribution is 5.89. The standard InChI is InChI=1S/C16H26N2O5/c1-11(15(20)17-7-8-22-2)23-16(21)12-9-14(19)18(10-12)13-5-3-4-6-13/h11-13H,3-10H2,1-2H3,(H,17,20)/t11-,12+/m0/s1. The summed E-state index contributed by atoms with van der Waals surface area (Å²) in [6, 6.07) is 0.273. The quantitative estimate of drug-likeness (QED) is 0.543. The topological polar surface area (TPSA) is 84.9 Å². The lowest BCUT2D eigenvalue weighted by molar-refractivity contribution is -0.158. The highest BCUT2D eigenvalue weighted by atomic mass is 16.5. The van der Waals surface area contributed by atoms with Gasteiger partial charge >= 0.3 is 5.97 Å². The SMILES string of the molecule is COCCNC(=O)[C@H](C)OC(=O)[C@@H]1CC(=O)N(C2CCCC2)C1. The minimum Gasteiger partial charge on any atom is -0.452 e. The zero-order valence-electron chi connectivity index (χ0n) is 13.9. The summed E-state index contributed by atoms with van der Waals surface area (Å²) in [7, 11) is 1.54. The zero-order chi connectivity index (χ0) is 16.8. The van der Waals surface area contributed by atoms with Crippen LogP contribution in [0.2, 0.25) is 0 Å². The largest absolute Gasteiger partial charge is 0.452 e. The summed E-state index contributed by atoms with van der Waals surface area (Å²) in [4.78, 5) is 37.9. The van der Waals surface area contributed by atoms with Crippen LogP contribution in [-0.2, 0) is 23.9 Å². The Morgan fingerprint density at radius 2 is 2.04 bits per heavy atom. The second-order valence-electron chi connectivity index (χ2n) is 6.25. The van der Waals surface area contributed by atoms with Crippen LogP contribution in [0, 0.1) is 5.92 Å². The van der Waals surface area contributed by atoms with Crippen LogP contribution in [0.25, 0.3) is 0 Å². The third-order valence-corrected chi connectivity index (χ3v) is 4.52. The molecule has 2 aliphatic rings. The maximum atomic E-state index is 12.2. The van der Waals surface area contributed by atoms with E-state index in [2.05, 4.69) is 5.32 Å². The van der Waals surface area contributed by atoms with Crippen molar-refractivity contribution in [1.82, 2.24) is 10.2 Å². The average molecular weight is 326 g/mol. The van der Waals surface area contributed by atoms with E-state index in [9.17, 15) is 14.4 Å². The van der Waals surface area contributed by atoms with Gasteiger partial charge in [0.15, 0.2) is 6.10 Å². The van der Waals surface area contributed by atoms with Crippen molar-refractivity contribution in [2.75, 3.05) is 26.8 Å². The molecule has 0 aromatic rings. The maximum absolute atomic E-state index is 12.2. The predicted molar refractivity (Wildman–Crippen MR) is 82.5 cm³/mol. The van der Waals surface area contributed by atoms with Gasteiger partial charge in [-0.05, 0) is 19.8 Å². The Morgan fingerprint density at radius 3 is 2.70 bits per heavy atom. The van der Waals surface area contributed by atoms with Gasteiger partial charge in [-0.2, -0.15) is 0 Å². The average Bonchev–Trinajstić information content (AvgIpc) is 3.16. The number of ether oxygens (including phenoxy) is 2. The van der Waals surface area contributed by atoms with Crippen molar-refractivity contribution in [1.29, 1.82) is 0 Å². The van der Waals surface area contributed by atoms with Crippen molar-refractivity contribution in [2.24, 2.45) is 5.92 Å². The maximum Gasteiger partial charge on any atom is 0.312 e. The molecule has 7 heteroatoms. The van der Waals surface area contributed by atoms with Crippen molar-refractivity contribution in [3.63, 3.8) is 0 Å². The summed E-state index contributed by atoms with van der Waals surface area (Å²) in [5, 5.41) is 2.62. The van der Waals surface area contributed by atoms with Gasteiger partial charge in [0.1, 0.15) is 0 Å². The Kier molecular flexibility index (Phi) is 6.38. The first-order chi connectivity index (χ1) is 11.0. The first-order valence-electron chi connectivity index (χ1n) is 8.29. The Hall–Kier alpha value is -1.63. The number of amides is 2. The van der Waals surface area contributed by atoms with Crippen LogP contribution in [0.5, 0.6) is 0 Å². The number of carbonyl (C=O) groups is 3. The van der Waals surface area contributed by atoms with E-state index in [1.165, 1.54) is 6.92 Å². The summed E-state index contributed by atoms with van der Waals surface area (Å²) in [5.74, 6) is -1.26. The third kappa shape index (κ3) is 4.67. The summed E-state index contributed by atoms with van der Waals surface area (Å²) in [5.41, 5.74) is 0. The van der Waals surface area contributed by atoms with Gasteiger partial charge in [0.05, 0.1) is 12.5 Å². The minimum atomic E-state index is -0.866. The number of likely N-dealkylation sites (tertiary alicyclic amines) is 1. The molecule has 1 aliphatic carbocycles. The van der Waals surface area contributed by atoms with Crippen LogP contribution in [0.4, 0.5) is 0 Å². The van der Waals surface area contributed by atoms with E-state index >= 15 is 0 Å². The van der Waals surface area contributed by atoms with Crippen LogP contribution >= 0.6 is 0 Å². The summed E-state index contributed by atoms with van der Waals surface area (Å²) < 4.78 is 10.1. The third-order valence-electron chi connectivity index (χ3n) is 4.52. The molecule has 2 fully saturated rings. The lowest BCUT2D eigenvalue weighted by Gasteiger charge is -2.24. The normalized spacial score (nSPS) is 23.1. The number of hydrogen-bond donors (Lipinski definition) is 1. The minimum absolute atomic E-state index is 0.0241. The molecule has 1 saturated carbocycles. The molecule has 23 heavy (non-hydrogen) atoms. The van der Waals surface area contributed by atoms with Gasteiger partial charge in [-0.15, -0.1) is 0 Å². The van der Waals surface area contributed by atoms with Crippen molar-refractivity contribution in [3.05, 3.63) is 0 Å². The molecule has 0 spiro atoms. The van der Waals surface area contributed by atoms with Gasteiger partial charge in [0.2, 0.25) is 5.91 Å². The number of esters is 1. The van der Waals surface area contributed by atoms with Crippen LogP contribution in [0.3, 0.4) is 0 Å². The lowest BCUT2D eigenvalue weighted by Crippen LogP contribution is -2.39. The molecule has 0 aromatic carbocycles.